The summed E-state index contributed by atoms with van der Waals surface area (Å²) in [5.41, 5.74) is 26.9. The van der Waals surface area contributed by atoms with E-state index in [0.717, 1.165) is 46.4 Å². The van der Waals surface area contributed by atoms with E-state index < -0.39 is 108 Å². The minimum Gasteiger partial charge on any atom is -0.459 e. The zero-order valence-electron chi connectivity index (χ0n) is 75.7. The van der Waals surface area contributed by atoms with E-state index in [-0.39, 0.29) is 113 Å². The molecule has 0 spiro atoms. The van der Waals surface area contributed by atoms with Gasteiger partial charge in [0, 0.05) is 109 Å². The van der Waals surface area contributed by atoms with Gasteiger partial charge in [-0.2, -0.15) is 10.1 Å². The molecule has 15 atom stereocenters. The first-order valence-electron chi connectivity index (χ1n) is 45.7. The fourth-order valence-electron chi connectivity index (χ4n) is 17.9. The number of ether oxygens (including phenoxy) is 11. The summed E-state index contributed by atoms with van der Waals surface area (Å²) in [5.74, 6) is -7.34. The molecule has 0 radical (unpaired) electrons. The molecule has 129 heavy (non-hydrogen) atoms. The zero-order valence-corrected chi connectivity index (χ0v) is 75.7. The van der Waals surface area contributed by atoms with E-state index in [1.165, 1.54) is 19.0 Å². The number of oxazole rings is 1. The highest BCUT2D eigenvalue weighted by molar-refractivity contribution is 6.39. The molecular weight excluding hydrogens is 1670 g/mol. The van der Waals surface area contributed by atoms with Crippen molar-refractivity contribution < 1.29 is 111 Å². The minimum absolute atomic E-state index is 0.0188. The number of cyclic esters (lactones) is 1. The number of hydrogen-bond acceptors (Lipinski definition) is 31. The van der Waals surface area contributed by atoms with E-state index in [2.05, 4.69) is 48.7 Å². The molecule has 2 aromatic carbocycles. The number of fused-ring (bicyclic) bond motifs is 6. The molecule has 36 nitrogen and oxygen atoms in total. The molecule has 12 N–H and O–H groups in total. The van der Waals surface area contributed by atoms with Crippen LogP contribution in [-0.4, -0.2) is 307 Å². The van der Waals surface area contributed by atoms with Crippen molar-refractivity contribution in [2.45, 2.75) is 230 Å². The van der Waals surface area contributed by atoms with Crippen LogP contribution < -0.4 is 27.8 Å². The van der Waals surface area contributed by atoms with Crippen molar-refractivity contribution in [1.29, 1.82) is 0 Å². The molecule has 710 valence electrons. The SMILES string of the molecule is CO[C@H]1C[C@@H]2CCC[C@@](O)(O2)C(=O)C(=O)N2CCCC[C@H]2C(=O)O[C@H]([C@H](N)C[C@@H]2CC[C@@H](OC(=O)NCCOCCOCCOCCOCCOCCOCCC(=O)NC3CCN(CC(=O)N4CCc5cc(Cn6nc(-c7ccc8oc(N)nc8c7)c7c(N)ncnc76)ccc5C4)CC3)[C@H](OC)C2)C[C@@H](O)[C@H](C)/C=C(\C)[C@@H](O)[C@@H](O)C(=O)[C@H](C)C[C@H](C)/C=C/C=C/C=C/1C. The molecule has 0 unspecified atom stereocenters. The average molecular weight is 1800 g/mol. The van der Waals surface area contributed by atoms with Crippen LogP contribution in [-0.2, 0) is 100 Å². The fraction of sp³-hybridized carbons (Fsp3) is 0.645. The number of likely N-dealkylation sites (tertiary alicyclic amines) is 1. The van der Waals surface area contributed by atoms with Gasteiger partial charge in [-0.15, -0.1) is 0 Å². The number of carbonyl (C=O) groups is 7. The van der Waals surface area contributed by atoms with E-state index in [9.17, 15) is 54.0 Å². The highest BCUT2D eigenvalue weighted by Crippen LogP contribution is 2.38. The van der Waals surface area contributed by atoms with E-state index >= 15 is 0 Å². The molecule has 4 fully saturated rings. The lowest BCUT2D eigenvalue weighted by Crippen LogP contribution is -2.58. The van der Waals surface area contributed by atoms with Gasteiger partial charge in [0.2, 0.25) is 17.6 Å². The standard InChI is InChI=1S/C93H135N13O23/c1-58-14-9-8-10-15-59(2)76(118-6)52-69-16-13-28-93(117,129-69)86(113)89(114)105-30-12-11-17-72(105)90(115)126-77(53-73(107)60(3)47-62(5)84(111)85(112)83(110)61(4)46-58)70(94)49-63-19-22-75(78(50-63)119-7)128-92(116)97-29-35-121-37-39-123-41-43-125-45-44-124-42-40-122-38-36-120-34-27-79(108)100-68-25-31-103(32-26-68)56-80(109)104-33-24-65-48-64(18-20-67(65)55-104)54-106-88-81(87(95)98-57-99-88)82(102-106)66-21-23-74-71(51-66)101-91(96)127-74/h8-10,14-15,18,20-21,23,47-48,51,57-58,60-61,63,68-70,72-73,75-78,84-85,107,111-112,117H,11-13,16-17,19,22,24-46,49-50,52-56,94H2,1-7H3,(H2,96,101)(H,97,116)(H,100,108)(H2,95,98,99)/b10-8+,14-9+,59-15+,62-47+/t58-,60-,61-,63+,69+,70-,72+,73-,75-,76+,77+,78-,84-,85+,93-/m1/s1. The number of ketones is 2. The van der Waals surface area contributed by atoms with Gasteiger partial charge in [-0.3, -0.25) is 28.9 Å². The van der Waals surface area contributed by atoms with Crippen molar-refractivity contribution in [3.8, 4) is 11.3 Å². The number of esters is 1. The predicted molar refractivity (Wildman–Crippen MR) is 477 cm³/mol. The number of Topliss-reactive ketones (excluding diaryl/α,β-unsaturated/α-hetero) is 2. The quantitative estimate of drug-likeness (QED) is 0.00961. The molecule has 36 heteroatoms. The number of hydrogen-bond donors (Lipinski definition) is 9. The number of allylic oxidation sites excluding steroid dienone is 5. The number of nitrogen functional groups attached to an aromatic ring is 2. The Hall–Kier alpha value is -9.09. The van der Waals surface area contributed by atoms with E-state index in [4.69, 9.17) is 78.8 Å². The Morgan fingerprint density at radius 3 is 2.15 bits per heavy atom. The number of aliphatic hydroxyl groups is 4. The van der Waals surface area contributed by atoms with Crippen molar-refractivity contribution in [2.24, 2.45) is 29.4 Å². The number of nitrogens with two attached hydrogens (primary N) is 3. The topological polar surface area (TPSA) is 483 Å². The van der Waals surface area contributed by atoms with Crippen LogP contribution in [0.4, 0.5) is 16.6 Å². The number of piperidine rings is 2. The second-order valence-corrected chi connectivity index (χ2v) is 35.0. The molecular formula is C93H135N13O23. The summed E-state index contributed by atoms with van der Waals surface area (Å²) in [5, 5.41) is 57.7. The first kappa shape index (κ1) is 100. The maximum absolute atomic E-state index is 14.6. The molecule has 1 aliphatic carbocycles. The summed E-state index contributed by atoms with van der Waals surface area (Å²) in [7, 11) is 3.07. The van der Waals surface area contributed by atoms with Gasteiger partial charge in [0.05, 0.1) is 122 Å². The summed E-state index contributed by atoms with van der Waals surface area (Å²) in [6, 6.07) is 9.84. The van der Waals surface area contributed by atoms with Gasteiger partial charge in [0.1, 0.15) is 53.8 Å². The number of carbonyl (C=O) groups excluding carboxylic acids is 7. The molecule has 4 amide bonds. The summed E-state index contributed by atoms with van der Waals surface area (Å²) >= 11 is 0. The second-order valence-electron chi connectivity index (χ2n) is 35.0. The van der Waals surface area contributed by atoms with Crippen LogP contribution in [0.2, 0.25) is 0 Å². The number of nitrogens with zero attached hydrogens (tertiary/aromatic N) is 8. The van der Waals surface area contributed by atoms with Gasteiger partial charge in [-0.1, -0.05) is 75.4 Å². The highest BCUT2D eigenvalue weighted by Gasteiger charge is 2.50. The van der Waals surface area contributed by atoms with Gasteiger partial charge >= 0.3 is 12.1 Å². The Morgan fingerprint density at radius 1 is 0.721 bits per heavy atom. The molecule has 5 aliphatic heterocycles. The first-order valence-corrected chi connectivity index (χ1v) is 45.7. The van der Waals surface area contributed by atoms with Crippen LogP contribution in [0.25, 0.3) is 33.4 Å². The molecule has 3 aromatic heterocycles. The highest BCUT2D eigenvalue weighted by atomic mass is 16.6. The monoisotopic (exact) mass is 1800 g/mol. The molecule has 1 saturated carbocycles. The fourth-order valence-corrected chi connectivity index (χ4v) is 17.9. The van der Waals surface area contributed by atoms with Crippen LogP contribution in [0.5, 0.6) is 0 Å². The molecule has 8 heterocycles. The molecule has 5 aromatic rings. The van der Waals surface area contributed by atoms with Gasteiger partial charge < -0.3 is 115 Å². The number of aliphatic hydroxyl groups excluding tert-OH is 3. The van der Waals surface area contributed by atoms with Crippen LogP contribution in [0, 0.1) is 23.7 Å². The Bertz CT molecular complexity index is 4630. The molecule has 6 aliphatic rings. The van der Waals surface area contributed by atoms with Gasteiger partial charge in [0.25, 0.3) is 17.7 Å². The number of methoxy groups -OCH3 is 2. The van der Waals surface area contributed by atoms with Crippen molar-refractivity contribution in [2.75, 3.05) is 144 Å². The summed E-state index contributed by atoms with van der Waals surface area (Å²) in [6.45, 7) is 16.2. The number of aromatic nitrogens is 5. The normalized spacial score (nSPS) is 27.7. The first-order chi connectivity index (χ1) is 62.1. The third-order valence-corrected chi connectivity index (χ3v) is 25.3. The maximum Gasteiger partial charge on any atom is 0.407 e. The lowest BCUT2D eigenvalue weighted by Gasteiger charge is -2.40. The van der Waals surface area contributed by atoms with Crippen LogP contribution >= 0.6 is 0 Å². The second kappa shape index (κ2) is 50.0. The maximum atomic E-state index is 14.6. The molecule has 2 bridgehead atoms. The van der Waals surface area contributed by atoms with Crippen LogP contribution in [0.15, 0.2) is 94.7 Å². The number of alkyl carbamates (subject to hydrolysis) is 1. The number of rotatable bonds is 33. The van der Waals surface area contributed by atoms with Gasteiger partial charge in [-0.05, 0) is 155 Å². The smallest absolute Gasteiger partial charge is 0.407 e. The van der Waals surface area contributed by atoms with Crippen LogP contribution in [0.1, 0.15) is 154 Å². The van der Waals surface area contributed by atoms with E-state index in [0.29, 0.717) is 184 Å². The largest absolute Gasteiger partial charge is 0.459 e. The Labute approximate surface area is 754 Å². The van der Waals surface area contributed by atoms with Gasteiger partial charge in [-0.25, -0.2) is 24.2 Å². The van der Waals surface area contributed by atoms with E-state index in [1.54, 1.807) is 40.0 Å². The number of benzene rings is 2. The van der Waals surface area contributed by atoms with Gasteiger partial charge in [0.15, 0.2) is 17.0 Å². The molecule has 3 saturated heterocycles. The van der Waals surface area contributed by atoms with Crippen molar-refractivity contribution >= 4 is 75.3 Å². The number of anilines is 2. The van der Waals surface area contributed by atoms with E-state index in [1.807, 2.05) is 65.9 Å². The lowest BCUT2D eigenvalue weighted by atomic mass is 9.80. The van der Waals surface area contributed by atoms with Crippen LogP contribution in [0.3, 0.4) is 0 Å². The lowest BCUT2D eigenvalue weighted by molar-refractivity contribution is -0.245. The predicted octanol–water partition coefficient (Wildman–Crippen LogP) is 6.31. The van der Waals surface area contributed by atoms with Crippen molar-refractivity contribution in [1.82, 2.24) is 50.1 Å². The third kappa shape index (κ3) is 29.2. The summed E-state index contributed by atoms with van der Waals surface area (Å²) in [4.78, 5) is 115. The summed E-state index contributed by atoms with van der Waals surface area (Å²) < 4.78 is 71.0. The number of nitrogens with one attached hydrogen (secondary N) is 2. The Morgan fingerprint density at radius 2 is 1.43 bits per heavy atom. The Kier molecular flexibility index (Phi) is 38.9. The minimum atomic E-state index is -2.46. The third-order valence-electron chi connectivity index (χ3n) is 25.3. The van der Waals surface area contributed by atoms with Crippen molar-refractivity contribution in [3.63, 3.8) is 0 Å². The summed E-state index contributed by atoms with van der Waals surface area (Å²) in [6.07, 6.45) is 10.1. The molecule has 11 rings (SSSR count). The zero-order chi connectivity index (χ0) is 92.1. The Balaban J connectivity index is 0.511. The van der Waals surface area contributed by atoms with Crippen molar-refractivity contribution in [3.05, 3.63) is 107 Å². The average Bonchev–Trinajstić information content (AvgIpc) is 1.63. The number of amides is 4.